The number of carbonyl (C=O) groups excluding carboxylic acids is 1. The molecule has 1 amide bonds. The molecule has 1 saturated heterocycles. The van der Waals surface area contributed by atoms with Crippen LogP contribution in [0.25, 0.3) is 0 Å². The van der Waals surface area contributed by atoms with E-state index in [9.17, 15) is 14.9 Å². The van der Waals surface area contributed by atoms with Crippen LogP contribution in [-0.2, 0) is 11.3 Å². The maximum Gasteiger partial charge on any atom is 0.292 e. The molecule has 7 heteroatoms. The summed E-state index contributed by atoms with van der Waals surface area (Å²) < 4.78 is 0. The fourth-order valence-electron chi connectivity index (χ4n) is 3.67. The van der Waals surface area contributed by atoms with Crippen LogP contribution in [0, 0.1) is 10.1 Å². The number of hydrogen-bond acceptors (Lipinski definition) is 5. The van der Waals surface area contributed by atoms with Gasteiger partial charge in [-0.3, -0.25) is 19.8 Å². The van der Waals surface area contributed by atoms with Crippen LogP contribution in [0.3, 0.4) is 0 Å². The van der Waals surface area contributed by atoms with Gasteiger partial charge in [0.1, 0.15) is 5.69 Å². The normalized spacial score (nSPS) is 15.2. The predicted molar refractivity (Wildman–Crippen MR) is 115 cm³/mol. The second-order valence-electron chi connectivity index (χ2n) is 7.53. The van der Waals surface area contributed by atoms with Crippen LogP contribution >= 0.6 is 0 Å². The van der Waals surface area contributed by atoms with Crippen molar-refractivity contribution >= 4 is 23.0 Å². The molecule has 0 aliphatic carbocycles. The van der Waals surface area contributed by atoms with Crippen molar-refractivity contribution in [3.8, 4) is 0 Å². The van der Waals surface area contributed by atoms with E-state index in [2.05, 4.69) is 28.4 Å². The van der Waals surface area contributed by atoms with E-state index in [1.807, 2.05) is 24.9 Å². The fraction of sp³-hybridized carbons (Fsp3) is 0.409. The topological polar surface area (TPSA) is 78.7 Å². The molecule has 1 heterocycles. The van der Waals surface area contributed by atoms with E-state index < -0.39 is 11.0 Å². The molecular formula is C22H28N4O3. The highest BCUT2D eigenvalue weighted by atomic mass is 16.6. The molecule has 154 valence electrons. The van der Waals surface area contributed by atoms with Gasteiger partial charge in [0, 0.05) is 31.4 Å². The Balaban J connectivity index is 1.69. The largest absolute Gasteiger partial charge is 0.371 e. The van der Waals surface area contributed by atoms with Crippen molar-refractivity contribution in [2.24, 2.45) is 0 Å². The number of anilines is 2. The van der Waals surface area contributed by atoms with E-state index in [1.54, 1.807) is 18.2 Å². The number of nitro benzene ring substituents is 1. The zero-order chi connectivity index (χ0) is 20.8. The van der Waals surface area contributed by atoms with Crippen molar-refractivity contribution in [3.63, 3.8) is 0 Å². The first-order valence-corrected chi connectivity index (χ1v) is 10.0. The van der Waals surface area contributed by atoms with Crippen molar-refractivity contribution in [2.45, 2.75) is 38.8 Å². The third-order valence-electron chi connectivity index (χ3n) is 5.51. The number of amides is 1. The first-order valence-electron chi connectivity index (χ1n) is 10.0. The number of hydrogen-bond donors (Lipinski definition) is 1. The number of piperidine rings is 1. The Hall–Kier alpha value is -2.93. The van der Waals surface area contributed by atoms with Crippen LogP contribution in [-0.4, -0.2) is 41.9 Å². The maximum atomic E-state index is 12.7. The summed E-state index contributed by atoms with van der Waals surface area (Å²) in [5.41, 5.74) is 2.52. The van der Waals surface area contributed by atoms with Gasteiger partial charge in [-0.15, -0.1) is 0 Å². The molecule has 1 aliphatic heterocycles. The van der Waals surface area contributed by atoms with Gasteiger partial charge in [-0.05, 0) is 50.9 Å². The molecule has 7 nitrogen and oxygen atoms in total. The molecule has 1 N–H and O–H groups in total. The van der Waals surface area contributed by atoms with Crippen molar-refractivity contribution in [1.82, 2.24) is 4.90 Å². The molecule has 2 aromatic rings. The highest BCUT2D eigenvalue weighted by molar-refractivity contribution is 5.96. The third kappa shape index (κ3) is 5.12. The Morgan fingerprint density at radius 1 is 1.14 bits per heavy atom. The average Bonchev–Trinajstić information content (AvgIpc) is 2.74. The molecule has 1 unspecified atom stereocenters. The number of nitrogens with zero attached hydrogens (tertiary/aromatic N) is 3. The van der Waals surface area contributed by atoms with Crippen LogP contribution < -0.4 is 10.2 Å². The molecule has 29 heavy (non-hydrogen) atoms. The summed E-state index contributed by atoms with van der Waals surface area (Å²) >= 11 is 0. The van der Waals surface area contributed by atoms with Crippen LogP contribution in [0.5, 0.6) is 0 Å². The molecule has 3 rings (SSSR count). The van der Waals surface area contributed by atoms with E-state index >= 15 is 0 Å². The molecule has 0 bridgehead atoms. The Morgan fingerprint density at radius 3 is 2.52 bits per heavy atom. The Kier molecular flexibility index (Phi) is 6.82. The lowest BCUT2D eigenvalue weighted by molar-refractivity contribution is -0.383. The number of likely N-dealkylation sites (N-methyl/N-ethyl adjacent to an activating group) is 1. The Morgan fingerprint density at radius 2 is 1.79 bits per heavy atom. The highest BCUT2D eigenvalue weighted by Gasteiger charge is 2.23. The smallest absolute Gasteiger partial charge is 0.292 e. The number of nitro groups is 1. The van der Waals surface area contributed by atoms with Crippen LogP contribution in [0.2, 0.25) is 0 Å². The molecule has 0 aromatic heterocycles. The standard InChI is InChI=1S/C22H28N4O3/c1-17(22(27)23-19-11-5-7-13-21(19)26(28)29)24(2)16-18-10-4-6-12-20(18)25-14-8-3-9-15-25/h4-7,10-13,17H,3,8-9,14-16H2,1-2H3,(H,23,27). The number of nitrogens with one attached hydrogen (secondary N) is 1. The molecule has 1 atom stereocenters. The van der Waals surface area contributed by atoms with E-state index in [1.165, 1.54) is 36.6 Å². The zero-order valence-electron chi connectivity index (χ0n) is 17.0. The lowest BCUT2D eigenvalue weighted by Crippen LogP contribution is -2.39. The van der Waals surface area contributed by atoms with Crippen LogP contribution in [0.15, 0.2) is 48.5 Å². The van der Waals surface area contributed by atoms with E-state index in [4.69, 9.17) is 0 Å². The van der Waals surface area contributed by atoms with Gasteiger partial charge < -0.3 is 10.2 Å². The van der Waals surface area contributed by atoms with Crippen molar-refractivity contribution in [2.75, 3.05) is 30.4 Å². The maximum absolute atomic E-state index is 12.7. The van der Waals surface area contributed by atoms with Crippen LogP contribution in [0.4, 0.5) is 17.1 Å². The van der Waals surface area contributed by atoms with Gasteiger partial charge in [0.15, 0.2) is 0 Å². The molecular weight excluding hydrogens is 368 g/mol. The zero-order valence-corrected chi connectivity index (χ0v) is 17.0. The molecule has 1 fully saturated rings. The van der Waals surface area contributed by atoms with Crippen molar-refractivity contribution < 1.29 is 9.72 Å². The minimum Gasteiger partial charge on any atom is -0.371 e. The lowest BCUT2D eigenvalue weighted by atomic mass is 10.1. The van der Waals surface area contributed by atoms with Gasteiger partial charge in [-0.1, -0.05) is 30.3 Å². The first-order chi connectivity index (χ1) is 14.0. The van der Waals surface area contributed by atoms with Gasteiger partial charge in [0.2, 0.25) is 5.91 Å². The minimum atomic E-state index is -0.487. The summed E-state index contributed by atoms with van der Waals surface area (Å²) in [5, 5.41) is 13.9. The van der Waals surface area contributed by atoms with Crippen molar-refractivity contribution in [1.29, 1.82) is 0 Å². The number of benzene rings is 2. The SMILES string of the molecule is CC(C(=O)Nc1ccccc1[N+](=O)[O-])N(C)Cc1ccccc1N1CCCCC1. The molecule has 0 radical (unpaired) electrons. The van der Waals surface area contributed by atoms with E-state index in [0.29, 0.717) is 6.54 Å². The Bertz CT molecular complexity index is 865. The van der Waals surface area contributed by atoms with Gasteiger partial charge in [-0.2, -0.15) is 0 Å². The first kappa shape index (κ1) is 20.8. The van der Waals surface area contributed by atoms with E-state index in [0.717, 1.165) is 13.1 Å². The molecule has 1 aliphatic rings. The quantitative estimate of drug-likeness (QED) is 0.564. The molecule has 2 aromatic carbocycles. The number of carbonyl (C=O) groups is 1. The van der Waals surface area contributed by atoms with E-state index in [-0.39, 0.29) is 17.3 Å². The average molecular weight is 396 g/mol. The summed E-state index contributed by atoms with van der Waals surface area (Å²) in [5.74, 6) is -0.266. The Labute approximate surface area is 171 Å². The van der Waals surface area contributed by atoms with Gasteiger partial charge >= 0.3 is 0 Å². The third-order valence-corrected chi connectivity index (χ3v) is 5.51. The van der Waals surface area contributed by atoms with Crippen molar-refractivity contribution in [3.05, 3.63) is 64.2 Å². The van der Waals surface area contributed by atoms with Gasteiger partial charge in [-0.25, -0.2) is 0 Å². The lowest BCUT2D eigenvalue weighted by Gasteiger charge is -2.32. The monoisotopic (exact) mass is 396 g/mol. The highest BCUT2D eigenvalue weighted by Crippen LogP contribution is 2.26. The summed E-state index contributed by atoms with van der Waals surface area (Å²) in [6, 6.07) is 14.1. The summed E-state index contributed by atoms with van der Waals surface area (Å²) in [6.07, 6.45) is 3.69. The minimum absolute atomic E-state index is 0.105. The molecule has 0 saturated carbocycles. The fourth-order valence-corrected chi connectivity index (χ4v) is 3.67. The second kappa shape index (κ2) is 9.52. The number of rotatable bonds is 7. The predicted octanol–water partition coefficient (Wildman–Crippen LogP) is 4.04. The molecule has 0 spiro atoms. The summed E-state index contributed by atoms with van der Waals surface area (Å²) in [4.78, 5) is 27.8. The summed E-state index contributed by atoms with van der Waals surface area (Å²) in [7, 11) is 1.90. The van der Waals surface area contributed by atoms with Gasteiger partial charge in [0.25, 0.3) is 5.69 Å². The number of para-hydroxylation sites is 3. The summed E-state index contributed by atoms with van der Waals surface area (Å²) in [6.45, 7) is 4.56. The van der Waals surface area contributed by atoms with Gasteiger partial charge in [0.05, 0.1) is 11.0 Å². The van der Waals surface area contributed by atoms with Crippen LogP contribution in [0.1, 0.15) is 31.7 Å². The second-order valence-corrected chi connectivity index (χ2v) is 7.53.